The van der Waals surface area contributed by atoms with Crippen molar-refractivity contribution < 1.29 is 4.74 Å². The van der Waals surface area contributed by atoms with Crippen molar-refractivity contribution >= 4 is 15.9 Å². The van der Waals surface area contributed by atoms with Gasteiger partial charge >= 0.3 is 0 Å². The number of hydrogen-bond donors (Lipinski definition) is 1. The minimum absolute atomic E-state index is 0.290. The van der Waals surface area contributed by atoms with Crippen molar-refractivity contribution in [3.63, 3.8) is 0 Å². The lowest BCUT2D eigenvalue weighted by Gasteiger charge is -2.37. The predicted octanol–water partition coefficient (Wildman–Crippen LogP) is 4.40. The summed E-state index contributed by atoms with van der Waals surface area (Å²) in [4.78, 5) is 4.50. The Hall–Kier alpha value is -0.610. The zero-order chi connectivity index (χ0) is 15.4. The average Bonchev–Trinajstić information content (AvgIpc) is 2.42. The van der Waals surface area contributed by atoms with E-state index in [4.69, 9.17) is 4.74 Å². The molecular formula is C17H27BrN2O. The van der Waals surface area contributed by atoms with Gasteiger partial charge in [0.15, 0.2) is 0 Å². The van der Waals surface area contributed by atoms with E-state index in [0.29, 0.717) is 11.8 Å². The quantitative estimate of drug-likeness (QED) is 0.850. The SMILES string of the molecule is CNCc1cc(Br)cnc1OC1CC(C)CCC1C(C)C. The van der Waals surface area contributed by atoms with Crippen LogP contribution in [0.5, 0.6) is 5.88 Å². The molecule has 0 aliphatic heterocycles. The lowest BCUT2D eigenvalue weighted by atomic mass is 9.75. The van der Waals surface area contributed by atoms with Crippen molar-refractivity contribution in [3.8, 4) is 5.88 Å². The van der Waals surface area contributed by atoms with Crippen LogP contribution in [0.15, 0.2) is 16.7 Å². The fraction of sp³-hybridized carbons (Fsp3) is 0.706. The highest BCUT2D eigenvalue weighted by Crippen LogP contribution is 2.36. The molecular weight excluding hydrogens is 328 g/mol. The van der Waals surface area contributed by atoms with Gasteiger partial charge in [0, 0.05) is 22.8 Å². The van der Waals surface area contributed by atoms with Gasteiger partial charge in [-0.15, -0.1) is 0 Å². The Kier molecular flexibility index (Phi) is 6.06. The van der Waals surface area contributed by atoms with Crippen molar-refractivity contribution in [3.05, 3.63) is 22.3 Å². The standard InChI is InChI=1S/C17H27BrN2O/c1-11(2)15-6-5-12(3)7-16(15)21-17-13(9-19-4)8-14(18)10-20-17/h8,10-12,15-16,19H,5-7,9H2,1-4H3. The number of hydrogen-bond acceptors (Lipinski definition) is 3. The van der Waals surface area contributed by atoms with Crippen molar-refractivity contribution in [2.45, 2.75) is 52.7 Å². The van der Waals surface area contributed by atoms with E-state index in [2.05, 4.69) is 53.1 Å². The molecule has 4 heteroatoms. The molecule has 1 fully saturated rings. The molecule has 3 nitrogen and oxygen atoms in total. The molecule has 0 spiro atoms. The second kappa shape index (κ2) is 7.59. The summed E-state index contributed by atoms with van der Waals surface area (Å²) >= 11 is 3.49. The lowest BCUT2D eigenvalue weighted by Crippen LogP contribution is -2.36. The molecule has 0 bridgehead atoms. The van der Waals surface area contributed by atoms with Gasteiger partial charge in [-0.1, -0.05) is 27.2 Å². The van der Waals surface area contributed by atoms with E-state index in [1.807, 2.05) is 13.2 Å². The number of pyridine rings is 1. The molecule has 1 aliphatic rings. The van der Waals surface area contributed by atoms with E-state index in [0.717, 1.165) is 34.8 Å². The number of ether oxygens (including phenoxy) is 1. The Bertz CT molecular complexity index is 464. The van der Waals surface area contributed by atoms with Gasteiger partial charge < -0.3 is 10.1 Å². The van der Waals surface area contributed by atoms with Crippen LogP contribution in [0.3, 0.4) is 0 Å². The van der Waals surface area contributed by atoms with Crippen LogP contribution >= 0.6 is 15.9 Å². The number of aromatic nitrogens is 1. The summed E-state index contributed by atoms with van der Waals surface area (Å²) in [6.45, 7) is 7.72. The molecule has 0 aromatic carbocycles. The lowest BCUT2D eigenvalue weighted by molar-refractivity contribution is 0.0418. The van der Waals surface area contributed by atoms with Gasteiger partial charge in [-0.25, -0.2) is 4.98 Å². The Morgan fingerprint density at radius 2 is 2.19 bits per heavy atom. The minimum Gasteiger partial charge on any atom is -0.474 e. The van der Waals surface area contributed by atoms with Crippen LogP contribution in [0.1, 0.15) is 45.6 Å². The van der Waals surface area contributed by atoms with Crippen LogP contribution < -0.4 is 10.1 Å². The van der Waals surface area contributed by atoms with E-state index in [-0.39, 0.29) is 6.10 Å². The number of rotatable bonds is 5. The minimum atomic E-state index is 0.290. The predicted molar refractivity (Wildman–Crippen MR) is 90.5 cm³/mol. The Labute approximate surface area is 137 Å². The highest BCUT2D eigenvalue weighted by Gasteiger charge is 2.32. The first-order valence-corrected chi connectivity index (χ1v) is 8.76. The molecule has 1 saturated carbocycles. The monoisotopic (exact) mass is 354 g/mol. The molecule has 1 heterocycles. The average molecular weight is 355 g/mol. The molecule has 21 heavy (non-hydrogen) atoms. The van der Waals surface area contributed by atoms with Gasteiger partial charge in [0.2, 0.25) is 5.88 Å². The zero-order valence-corrected chi connectivity index (χ0v) is 15.1. The van der Waals surface area contributed by atoms with E-state index in [1.54, 1.807) is 0 Å². The summed E-state index contributed by atoms with van der Waals surface area (Å²) in [5.41, 5.74) is 1.12. The summed E-state index contributed by atoms with van der Waals surface area (Å²) in [5, 5.41) is 3.19. The fourth-order valence-electron chi connectivity index (χ4n) is 3.29. The van der Waals surface area contributed by atoms with E-state index in [1.165, 1.54) is 12.8 Å². The summed E-state index contributed by atoms with van der Waals surface area (Å²) in [5.74, 6) is 2.82. The molecule has 3 unspecified atom stereocenters. The Morgan fingerprint density at radius 3 is 2.86 bits per heavy atom. The van der Waals surface area contributed by atoms with E-state index >= 15 is 0 Å². The Morgan fingerprint density at radius 1 is 1.43 bits per heavy atom. The van der Waals surface area contributed by atoms with Gasteiger partial charge in [0.25, 0.3) is 0 Å². The van der Waals surface area contributed by atoms with E-state index < -0.39 is 0 Å². The topological polar surface area (TPSA) is 34.2 Å². The van der Waals surface area contributed by atoms with Crippen LogP contribution in [0.4, 0.5) is 0 Å². The molecule has 1 aliphatic carbocycles. The van der Waals surface area contributed by atoms with Gasteiger partial charge in [0.05, 0.1) is 0 Å². The van der Waals surface area contributed by atoms with Gasteiger partial charge in [-0.2, -0.15) is 0 Å². The van der Waals surface area contributed by atoms with E-state index in [9.17, 15) is 0 Å². The molecule has 1 aromatic heterocycles. The summed E-state index contributed by atoms with van der Waals surface area (Å²) in [7, 11) is 1.95. The smallest absolute Gasteiger partial charge is 0.218 e. The van der Waals surface area contributed by atoms with Crippen LogP contribution in [0, 0.1) is 17.8 Å². The summed E-state index contributed by atoms with van der Waals surface area (Å²) in [6, 6.07) is 2.09. The molecule has 2 rings (SSSR count). The van der Waals surface area contributed by atoms with Crippen molar-refractivity contribution in [2.75, 3.05) is 7.05 Å². The maximum atomic E-state index is 6.37. The van der Waals surface area contributed by atoms with Crippen molar-refractivity contribution in [2.24, 2.45) is 17.8 Å². The largest absolute Gasteiger partial charge is 0.474 e. The first-order chi connectivity index (χ1) is 10.0. The number of nitrogens with one attached hydrogen (secondary N) is 1. The van der Waals surface area contributed by atoms with Crippen LogP contribution in [0.25, 0.3) is 0 Å². The molecule has 3 atom stereocenters. The number of nitrogens with zero attached hydrogens (tertiary/aromatic N) is 1. The molecule has 118 valence electrons. The summed E-state index contributed by atoms with van der Waals surface area (Å²) < 4.78 is 7.36. The number of halogens is 1. The van der Waals surface area contributed by atoms with Gasteiger partial charge in [-0.05, 0) is 59.6 Å². The van der Waals surface area contributed by atoms with Crippen LogP contribution in [-0.4, -0.2) is 18.1 Å². The molecule has 1 aromatic rings. The third-order valence-electron chi connectivity index (χ3n) is 4.48. The first-order valence-electron chi connectivity index (χ1n) is 7.97. The normalized spacial score (nSPS) is 26.1. The van der Waals surface area contributed by atoms with Gasteiger partial charge in [-0.3, -0.25) is 0 Å². The fourth-order valence-corrected chi connectivity index (χ4v) is 3.66. The summed E-state index contributed by atoms with van der Waals surface area (Å²) in [6.07, 6.45) is 5.84. The molecule has 0 amide bonds. The Balaban J connectivity index is 2.18. The second-order valence-corrected chi connectivity index (χ2v) is 7.55. The van der Waals surface area contributed by atoms with Crippen molar-refractivity contribution in [1.82, 2.24) is 10.3 Å². The third kappa shape index (κ3) is 4.43. The maximum absolute atomic E-state index is 6.37. The second-order valence-electron chi connectivity index (χ2n) is 6.63. The van der Waals surface area contributed by atoms with Crippen molar-refractivity contribution in [1.29, 1.82) is 0 Å². The maximum Gasteiger partial charge on any atom is 0.218 e. The third-order valence-corrected chi connectivity index (χ3v) is 4.92. The van der Waals surface area contributed by atoms with Gasteiger partial charge in [0.1, 0.15) is 6.10 Å². The highest BCUT2D eigenvalue weighted by atomic mass is 79.9. The van der Waals surface area contributed by atoms with Crippen LogP contribution in [-0.2, 0) is 6.54 Å². The van der Waals surface area contributed by atoms with Crippen LogP contribution in [0.2, 0.25) is 0 Å². The molecule has 1 N–H and O–H groups in total. The molecule has 0 radical (unpaired) electrons. The highest BCUT2D eigenvalue weighted by molar-refractivity contribution is 9.10. The first kappa shape index (κ1) is 16.8. The molecule has 0 saturated heterocycles. The zero-order valence-electron chi connectivity index (χ0n) is 13.5.